The number of aliphatic hydroxyl groups excluding tert-OH is 1. The van der Waals surface area contributed by atoms with E-state index < -0.39 is 0 Å². The van der Waals surface area contributed by atoms with Gasteiger partial charge in [-0.3, -0.25) is 0 Å². The molecule has 2 rings (SSSR count). The molecule has 2 aliphatic rings. The Balaban J connectivity index is 1.57. The Hall–Kier alpha value is -0.0400. The molecule has 0 aromatic rings. The third-order valence-corrected chi connectivity index (χ3v) is 3.94. The second kappa shape index (κ2) is 5.16. The van der Waals surface area contributed by atoms with Crippen LogP contribution in [0.4, 0.5) is 0 Å². The van der Waals surface area contributed by atoms with Crippen LogP contribution in [0.1, 0.15) is 64.2 Å². The molecule has 2 saturated carbocycles. The van der Waals surface area contributed by atoms with Crippen molar-refractivity contribution in [3.05, 3.63) is 0 Å². The Morgan fingerprint density at radius 3 is 2.29 bits per heavy atom. The van der Waals surface area contributed by atoms with Crippen molar-refractivity contribution >= 4 is 0 Å². The summed E-state index contributed by atoms with van der Waals surface area (Å²) in [6.07, 6.45) is 13.3. The smallest absolute Gasteiger partial charge is 0.0543 e. The van der Waals surface area contributed by atoms with Gasteiger partial charge in [0.15, 0.2) is 0 Å². The van der Waals surface area contributed by atoms with Crippen LogP contribution in [0.25, 0.3) is 0 Å². The fourth-order valence-corrected chi connectivity index (χ4v) is 2.76. The molecular formula is C13H24O. The highest BCUT2D eigenvalue weighted by molar-refractivity contribution is 4.76. The van der Waals surface area contributed by atoms with Gasteiger partial charge in [0, 0.05) is 0 Å². The van der Waals surface area contributed by atoms with E-state index in [-0.39, 0.29) is 6.10 Å². The first kappa shape index (κ1) is 10.5. The Morgan fingerprint density at radius 2 is 1.64 bits per heavy atom. The van der Waals surface area contributed by atoms with E-state index in [1.165, 1.54) is 51.4 Å². The molecule has 0 radical (unpaired) electrons. The van der Waals surface area contributed by atoms with Crippen LogP contribution in [-0.2, 0) is 0 Å². The van der Waals surface area contributed by atoms with Crippen molar-refractivity contribution in [2.24, 2.45) is 11.8 Å². The number of hydrogen-bond donors (Lipinski definition) is 1. The van der Waals surface area contributed by atoms with Crippen LogP contribution in [0, 0.1) is 11.8 Å². The van der Waals surface area contributed by atoms with Crippen LogP contribution < -0.4 is 0 Å². The molecule has 82 valence electrons. The third-order valence-electron chi connectivity index (χ3n) is 3.94. The van der Waals surface area contributed by atoms with Crippen LogP contribution in [0.15, 0.2) is 0 Å². The molecule has 0 amide bonds. The molecule has 0 spiro atoms. The lowest BCUT2D eigenvalue weighted by atomic mass is 9.84. The molecule has 0 heterocycles. The van der Waals surface area contributed by atoms with E-state index in [0.29, 0.717) is 0 Å². The summed E-state index contributed by atoms with van der Waals surface area (Å²) in [5.74, 6) is 1.83. The summed E-state index contributed by atoms with van der Waals surface area (Å²) >= 11 is 0. The standard InChI is InChI=1S/C13H24O/c14-13(9-8-11-6-7-11)10-12-4-2-1-3-5-12/h11-14H,1-10H2. The Labute approximate surface area is 87.9 Å². The number of rotatable bonds is 5. The summed E-state index contributed by atoms with van der Waals surface area (Å²) in [7, 11) is 0. The highest BCUT2D eigenvalue weighted by Crippen LogP contribution is 2.35. The Morgan fingerprint density at radius 1 is 0.929 bits per heavy atom. The maximum Gasteiger partial charge on any atom is 0.0543 e. The van der Waals surface area contributed by atoms with Gasteiger partial charge in [-0.1, -0.05) is 44.9 Å². The predicted octanol–water partition coefficient (Wildman–Crippen LogP) is 3.51. The fraction of sp³-hybridized carbons (Fsp3) is 1.00. The molecule has 0 aliphatic heterocycles. The molecule has 1 nitrogen and oxygen atoms in total. The molecule has 0 aromatic heterocycles. The van der Waals surface area contributed by atoms with Gasteiger partial charge in [-0.25, -0.2) is 0 Å². The molecule has 0 saturated heterocycles. The number of hydrogen-bond acceptors (Lipinski definition) is 1. The molecule has 0 aromatic carbocycles. The van der Waals surface area contributed by atoms with Crippen molar-refractivity contribution in [3.63, 3.8) is 0 Å². The van der Waals surface area contributed by atoms with Gasteiger partial charge in [-0.15, -0.1) is 0 Å². The minimum absolute atomic E-state index is 0.0127. The predicted molar refractivity (Wildman–Crippen MR) is 59.2 cm³/mol. The molecule has 0 bridgehead atoms. The lowest BCUT2D eigenvalue weighted by molar-refractivity contribution is 0.118. The van der Waals surface area contributed by atoms with Crippen molar-refractivity contribution < 1.29 is 5.11 Å². The molecule has 1 heteroatoms. The Bertz CT molecular complexity index is 157. The first-order valence-corrected chi connectivity index (χ1v) is 6.52. The topological polar surface area (TPSA) is 20.2 Å². The minimum atomic E-state index is 0.0127. The molecule has 2 aliphatic carbocycles. The normalized spacial score (nSPS) is 26.4. The maximum atomic E-state index is 9.88. The molecule has 1 atom stereocenters. The monoisotopic (exact) mass is 196 g/mol. The average molecular weight is 196 g/mol. The largest absolute Gasteiger partial charge is 0.393 e. The van der Waals surface area contributed by atoms with Crippen molar-refractivity contribution in [2.75, 3.05) is 0 Å². The van der Waals surface area contributed by atoms with Crippen molar-refractivity contribution in [3.8, 4) is 0 Å². The zero-order chi connectivity index (χ0) is 9.80. The van der Waals surface area contributed by atoms with Crippen molar-refractivity contribution in [1.29, 1.82) is 0 Å². The van der Waals surface area contributed by atoms with Gasteiger partial charge < -0.3 is 5.11 Å². The van der Waals surface area contributed by atoms with Gasteiger partial charge in [0.2, 0.25) is 0 Å². The zero-order valence-electron chi connectivity index (χ0n) is 9.25. The molecular weight excluding hydrogens is 172 g/mol. The van der Waals surface area contributed by atoms with Crippen LogP contribution in [0.2, 0.25) is 0 Å². The molecule has 1 N–H and O–H groups in total. The summed E-state index contributed by atoms with van der Waals surface area (Å²) in [4.78, 5) is 0. The second-order valence-corrected chi connectivity index (χ2v) is 5.41. The van der Waals surface area contributed by atoms with Gasteiger partial charge in [0.1, 0.15) is 0 Å². The zero-order valence-corrected chi connectivity index (χ0v) is 9.25. The lowest BCUT2D eigenvalue weighted by Gasteiger charge is -2.23. The van der Waals surface area contributed by atoms with Gasteiger partial charge in [0.25, 0.3) is 0 Å². The molecule has 2 fully saturated rings. The van der Waals surface area contributed by atoms with E-state index in [9.17, 15) is 5.11 Å². The Kier molecular flexibility index (Phi) is 3.86. The average Bonchev–Trinajstić information content (AvgIpc) is 3.00. The highest BCUT2D eigenvalue weighted by Gasteiger charge is 2.23. The van der Waals surface area contributed by atoms with Gasteiger partial charge in [-0.05, 0) is 31.1 Å². The van der Waals surface area contributed by atoms with E-state index in [1.807, 2.05) is 0 Å². The third kappa shape index (κ3) is 3.61. The quantitative estimate of drug-likeness (QED) is 0.713. The fourth-order valence-electron chi connectivity index (χ4n) is 2.76. The van der Waals surface area contributed by atoms with Gasteiger partial charge in [-0.2, -0.15) is 0 Å². The van der Waals surface area contributed by atoms with Crippen LogP contribution in [0.3, 0.4) is 0 Å². The SMILES string of the molecule is OC(CCC1CC1)CC1CCCCC1. The van der Waals surface area contributed by atoms with Crippen LogP contribution in [-0.4, -0.2) is 11.2 Å². The van der Waals surface area contributed by atoms with E-state index >= 15 is 0 Å². The number of aliphatic hydroxyl groups is 1. The first-order chi connectivity index (χ1) is 6.84. The van der Waals surface area contributed by atoms with E-state index in [2.05, 4.69) is 0 Å². The highest BCUT2D eigenvalue weighted by atomic mass is 16.3. The lowest BCUT2D eigenvalue weighted by Crippen LogP contribution is -2.16. The summed E-state index contributed by atoms with van der Waals surface area (Å²) in [6.45, 7) is 0. The van der Waals surface area contributed by atoms with E-state index in [0.717, 1.165) is 24.7 Å². The van der Waals surface area contributed by atoms with Crippen molar-refractivity contribution in [2.45, 2.75) is 70.3 Å². The van der Waals surface area contributed by atoms with Gasteiger partial charge in [0.05, 0.1) is 6.10 Å². The van der Waals surface area contributed by atoms with E-state index in [1.54, 1.807) is 0 Å². The summed E-state index contributed by atoms with van der Waals surface area (Å²) in [5, 5.41) is 9.88. The first-order valence-electron chi connectivity index (χ1n) is 6.52. The summed E-state index contributed by atoms with van der Waals surface area (Å²) in [6, 6.07) is 0. The summed E-state index contributed by atoms with van der Waals surface area (Å²) in [5.41, 5.74) is 0. The summed E-state index contributed by atoms with van der Waals surface area (Å²) < 4.78 is 0. The molecule has 1 unspecified atom stereocenters. The molecule has 14 heavy (non-hydrogen) atoms. The maximum absolute atomic E-state index is 9.88. The van der Waals surface area contributed by atoms with Crippen LogP contribution >= 0.6 is 0 Å². The van der Waals surface area contributed by atoms with E-state index in [4.69, 9.17) is 0 Å². The minimum Gasteiger partial charge on any atom is -0.393 e. The second-order valence-electron chi connectivity index (χ2n) is 5.41. The van der Waals surface area contributed by atoms with Crippen molar-refractivity contribution in [1.82, 2.24) is 0 Å². The van der Waals surface area contributed by atoms with Crippen LogP contribution in [0.5, 0.6) is 0 Å². The van der Waals surface area contributed by atoms with Gasteiger partial charge >= 0.3 is 0 Å².